The first-order chi connectivity index (χ1) is 12.0. The van der Waals surface area contributed by atoms with Crippen LogP contribution in [0.2, 0.25) is 0 Å². The van der Waals surface area contributed by atoms with Gasteiger partial charge in [0.25, 0.3) is 0 Å². The lowest BCUT2D eigenvalue weighted by atomic mass is 9.95. The van der Waals surface area contributed by atoms with E-state index in [1.165, 1.54) is 6.42 Å². The molecule has 1 fully saturated rings. The fraction of sp³-hybridized carbons (Fsp3) is 0.412. The molecule has 1 aliphatic carbocycles. The van der Waals surface area contributed by atoms with E-state index in [0.717, 1.165) is 36.9 Å². The Morgan fingerprint density at radius 1 is 1.24 bits per heavy atom. The minimum absolute atomic E-state index is 0.145. The molecule has 0 saturated heterocycles. The molecule has 0 bridgehead atoms. The van der Waals surface area contributed by atoms with Crippen LogP contribution in [0.1, 0.15) is 37.7 Å². The van der Waals surface area contributed by atoms with E-state index < -0.39 is 4.92 Å². The molecular formula is C17H22N6O2. The number of hydrogen-bond donors (Lipinski definition) is 3. The van der Waals surface area contributed by atoms with Crippen molar-refractivity contribution in [1.82, 2.24) is 9.97 Å². The number of nitrogens with one attached hydrogen (secondary N) is 2. The molecule has 4 N–H and O–H groups in total. The summed E-state index contributed by atoms with van der Waals surface area (Å²) in [6.07, 6.45) is 5.37. The highest BCUT2D eigenvalue weighted by Gasteiger charge is 2.25. The molecule has 8 nitrogen and oxygen atoms in total. The summed E-state index contributed by atoms with van der Waals surface area (Å²) in [7, 11) is 0. The van der Waals surface area contributed by atoms with Gasteiger partial charge in [-0.1, -0.05) is 31.4 Å². The molecule has 132 valence electrons. The van der Waals surface area contributed by atoms with E-state index in [9.17, 15) is 10.1 Å². The predicted octanol–water partition coefficient (Wildman–Crippen LogP) is 3.76. The van der Waals surface area contributed by atoms with Crippen LogP contribution in [0.3, 0.4) is 0 Å². The van der Waals surface area contributed by atoms with Crippen LogP contribution in [-0.4, -0.2) is 20.9 Å². The van der Waals surface area contributed by atoms with Crippen LogP contribution in [0.15, 0.2) is 24.3 Å². The zero-order valence-electron chi connectivity index (χ0n) is 14.2. The second-order valence-corrected chi connectivity index (χ2v) is 6.36. The summed E-state index contributed by atoms with van der Waals surface area (Å²) < 4.78 is 0. The number of rotatable bonds is 5. The van der Waals surface area contributed by atoms with E-state index in [1.807, 2.05) is 31.2 Å². The van der Waals surface area contributed by atoms with Crippen molar-refractivity contribution in [2.45, 2.75) is 45.1 Å². The van der Waals surface area contributed by atoms with Gasteiger partial charge in [-0.3, -0.25) is 10.1 Å². The standard InChI is InChI=1S/C17H22N6O2/c1-11-6-5-9-13(10-11)20-17-21-15(18)14(23(24)25)16(22-17)19-12-7-3-2-4-8-12/h5-6,9-10,12H,2-4,7-8H2,1H3,(H4,18,19,20,21,22). The number of hydrogen-bond acceptors (Lipinski definition) is 7. The summed E-state index contributed by atoms with van der Waals surface area (Å²) >= 11 is 0. The lowest BCUT2D eigenvalue weighted by Gasteiger charge is -2.23. The van der Waals surface area contributed by atoms with E-state index in [0.29, 0.717) is 0 Å². The van der Waals surface area contributed by atoms with Gasteiger partial charge in [-0.15, -0.1) is 0 Å². The van der Waals surface area contributed by atoms with Gasteiger partial charge >= 0.3 is 5.69 Å². The largest absolute Gasteiger partial charge is 0.378 e. The van der Waals surface area contributed by atoms with Crippen LogP contribution in [0.5, 0.6) is 0 Å². The monoisotopic (exact) mass is 342 g/mol. The number of aryl methyl sites for hydroxylation is 1. The first-order valence-electron chi connectivity index (χ1n) is 8.45. The Morgan fingerprint density at radius 3 is 2.68 bits per heavy atom. The molecule has 1 aromatic carbocycles. The first kappa shape index (κ1) is 16.9. The third kappa shape index (κ3) is 4.14. The molecule has 0 amide bonds. The average molecular weight is 342 g/mol. The number of aromatic nitrogens is 2. The lowest BCUT2D eigenvalue weighted by Crippen LogP contribution is -2.24. The molecule has 1 saturated carbocycles. The summed E-state index contributed by atoms with van der Waals surface area (Å²) in [5, 5.41) is 17.6. The van der Waals surface area contributed by atoms with Crippen LogP contribution < -0.4 is 16.4 Å². The fourth-order valence-electron chi connectivity index (χ4n) is 3.10. The van der Waals surface area contributed by atoms with E-state index in [-0.39, 0.29) is 29.3 Å². The Morgan fingerprint density at radius 2 is 2.00 bits per heavy atom. The van der Waals surface area contributed by atoms with Crippen LogP contribution in [0.25, 0.3) is 0 Å². The van der Waals surface area contributed by atoms with Crippen LogP contribution in [-0.2, 0) is 0 Å². The number of nitro groups is 1. The van der Waals surface area contributed by atoms with Crippen LogP contribution >= 0.6 is 0 Å². The van der Waals surface area contributed by atoms with Gasteiger partial charge < -0.3 is 16.4 Å². The Kier molecular flexibility index (Phi) is 4.97. The van der Waals surface area contributed by atoms with E-state index >= 15 is 0 Å². The smallest absolute Gasteiger partial charge is 0.353 e. The van der Waals surface area contributed by atoms with Gasteiger partial charge in [0.1, 0.15) is 0 Å². The Balaban J connectivity index is 1.90. The molecule has 2 aromatic rings. The average Bonchev–Trinajstić information content (AvgIpc) is 2.55. The number of nitrogen functional groups attached to an aromatic ring is 1. The predicted molar refractivity (Wildman–Crippen MR) is 98.1 cm³/mol. The van der Waals surface area contributed by atoms with Gasteiger partial charge in [0.2, 0.25) is 17.6 Å². The van der Waals surface area contributed by atoms with Crippen molar-refractivity contribution in [3.63, 3.8) is 0 Å². The normalized spacial score (nSPS) is 14.9. The maximum absolute atomic E-state index is 11.4. The molecule has 0 unspecified atom stereocenters. The van der Waals surface area contributed by atoms with Crippen molar-refractivity contribution in [1.29, 1.82) is 0 Å². The highest BCUT2D eigenvalue weighted by Crippen LogP contribution is 2.32. The van der Waals surface area contributed by atoms with Crippen LogP contribution in [0, 0.1) is 17.0 Å². The van der Waals surface area contributed by atoms with E-state index in [1.54, 1.807) is 0 Å². The second kappa shape index (κ2) is 7.33. The molecule has 0 spiro atoms. The Bertz CT molecular complexity index is 774. The topological polar surface area (TPSA) is 119 Å². The summed E-state index contributed by atoms with van der Waals surface area (Å²) in [4.78, 5) is 19.2. The Labute approximate surface area is 146 Å². The maximum atomic E-state index is 11.4. The molecule has 0 atom stereocenters. The van der Waals surface area contributed by atoms with Gasteiger partial charge in [0.05, 0.1) is 4.92 Å². The minimum Gasteiger partial charge on any atom is -0.378 e. The minimum atomic E-state index is -0.531. The highest BCUT2D eigenvalue weighted by atomic mass is 16.6. The third-order valence-electron chi connectivity index (χ3n) is 4.31. The molecule has 3 rings (SSSR count). The molecule has 1 aromatic heterocycles. The zero-order valence-corrected chi connectivity index (χ0v) is 14.2. The maximum Gasteiger partial charge on any atom is 0.353 e. The number of anilines is 4. The number of nitrogens with zero attached hydrogens (tertiary/aromatic N) is 3. The quantitative estimate of drug-likeness (QED) is 0.559. The summed E-state index contributed by atoms with van der Waals surface area (Å²) in [6.45, 7) is 1.98. The Hall–Kier alpha value is -2.90. The SMILES string of the molecule is Cc1cccc(Nc2nc(N)c([N+](=O)[O-])c(NC3CCCCC3)n2)c1. The van der Waals surface area contributed by atoms with E-state index in [4.69, 9.17) is 5.73 Å². The van der Waals surface area contributed by atoms with Gasteiger partial charge in [-0.25, -0.2) is 0 Å². The lowest BCUT2D eigenvalue weighted by molar-refractivity contribution is -0.383. The van der Waals surface area contributed by atoms with Gasteiger partial charge in [0.15, 0.2) is 0 Å². The molecule has 0 radical (unpaired) electrons. The summed E-state index contributed by atoms with van der Waals surface area (Å²) in [5.74, 6) is 0.278. The van der Waals surface area contributed by atoms with Gasteiger partial charge in [-0.05, 0) is 37.5 Å². The van der Waals surface area contributed by atoms with Crippen molar-refractivity contribution >= 4 is 29.0 Å². The van der Waals surface area contributed by atoms with Crippen LogP contribution in [0.4, 0.5) is 29.0 Å². The van der Waals surface area contributed by atoms with Crippen molar-refractivity contribution < 1.29 is 4.92 Å². The van der Waals surface area contributed by atoms with Crippen molar-refractivity contribution in [3.8, 4) is 0 Å². The van der Waals surface area contributed by atoms with Crippen molar-refractivity contribution in [2.75, 3.05) is 16.4 Å². The zero-order chi connectivity index (χ0) is 17.8. The first-order valence-corrected chi connectivity index (χ1v) is 8.45. The molecule has 1 aliphatic rings. The van der Waals surface area contributed by atoms with Gasteiger partial charge in [0, 0.05) is 11.7 Å². The second-order valence-electron chi connectivity index (χ2n) is 6.36. The highest BCUT2D eigenvalue weighted by molar-refractivity contribution is 5.71. The molecule has 0 aliphatic heterocycles. The van der Waals surface area contributed by atoms with Gasteiger partial charge in [-0.2, -0.15) is 9.97 Å². The number of benzene rings is 1. The fourth-order valence-corrected chi connectivity index (χ4v) is 3.10. The van der Waals surface area contributed by atoms with E-state index in [2.05, 4.69) is 20.6 Å². The molecule has 25 heavy (non-hydrogen) atoms. The summed E-state index contributed by atoms with van der Waals surface area (Å²) in [6, 6.07) is 7.88. The molecule has 8 heteroatoms. The third-order valence-corrected chi connectivity index (χ3v) is 4.31. The molecular weight excluding hydrogens is 320 g/mol. The van der Waals surface area contributed by atoms with Crippen molar-refractivity contribution in [3.05, 3.63) is 39.9 Å². The molecule has 1 heterocycles. The van der Waals surface area contributed by atoms with Crippen molar-refractivity contribution in [2.24, 2.45) is 0 Å². The number of nitrogens with two attached hydrogens (primary N) is 1. The summed E-state index contributed by atoms with van der Waals surface area (Å²) in [5.41, 5.74) is 7.46.